The number of hydrogen-bond donors (Lipinski definition) is 1. The molecule has 0 radical (unpaired) electrons. The quantitative estimate of drug-likeness (QED) is 0.350. The Balaban J connectivity index is 1.44. The van der Waals surface area contributed by atoms with E-state index in [0.29, 0.717) is 27.7 Å². The summed E-state index contributed by atoms with van der Waals surface area (Å²) in [6.07, 6.45) is 0. The highest BCUT2D eigenvalue weighted by molar-refractivity contribution is 7.99. The molecule has 0 spiro atoms. The summed E-state index contributed by atoms with van der Waals surface area (Å²) in [5.41, 5.74) is 2.71. The van der Waals surface area contributed by atoms with E-state index < -0.39 is 0 Å². The number of carbonyl (C=O) groups excluding carboxylic acids is 2. The van der Waals surface area contributed by atoms with Gasteiger partial charge in [0.05, 0.1) is 12.9 Å². The molecule has 0 bridgehead atoms. The van der Waals surface area contributed by atoms with Crippen molar-refractivity contribution in [2.24, 2.45) is 0 Å². The Morgan fingerprint density at radius 1 is 1.00 bits per heavy atom. The van der Waals surface area contributed by atoms with E-state index in [9.17, 15) is 9.59 Å². The minimum atomic E-state index is -0.165. The lowest BCUT2D eigenvalue weighted by atomic mass is 10.1. The number of carbonyl (C=O) groups is 2. The molecule has 1 N–H and O–H groups in total. The van der Waals surface area contributed by atoms with Crippen molar-refractivity contribution in [3.05, 3.63) is 66.2 Å². The number of anilines is 1. The van der Waals surface area contributed by atoms with E-state index in [-0.39, 0.29) is 17.4 Å². The van der Waals surface area contributed by atoms with Crippen LogP contribution >= 0.6 is 11.8 Å². The second-order valence-electron chi connectivity index (χ2n) is 6.66. The molecular formula is C22H19N5O3S. The van der Waals surface area contributed by atoms with Crippen LogP contribution in [0.1, 0.15) is 17.3 Å². The van der Waals surface area contributed by atoms with Gasteiger partial charge in [0.1, 0.15) is 10.8 Å². The van der Waals surface area contributed by atoms with E-state index in [2.05, 4.69) is 20.6 Å². The lowest BCUT2D eigenvalue weighted by molar-refractivity contribution is -0.113. The van der Waals surface area contributed by atoms with Gasteiger partial charge in [-0.15, -0.1) is 10.2 Å². The topological polar surface area (TPSA) is 98.5 Å². The highest BCUT2D eigenvalue weighted by Crippen LogP contribution is 2.23. The third kappa shape index (κ3) is 4.72. The molecule has 0 unspecified atom stereocenters. The zero-order valence-corrected chi connectivity index (χ0v) is 17.7. The first-order valence-corrected chi connectivity index (χ1v) is 10.4. The van der Waals surface area contributed by atoms with E-state index in [0.717, 1.165) is 11.3 Å². The van der Waals surface area contributed by atoms with Gasteiger partial charge in [-0.05, 0) is 67.6 Å². The molecule has 2 aromatic heterocycles. The van der Waals surface area contributed by atoms with E-state index >= 15 is 0 Å². The van der Waals surface area contributed by atoms with Crippen molar-refractivity contribution < 1.29 is 14.3 Å². The lowest BCUT2D eigenvalue weighted by Gasteiger charge is -2.06. The Hall–Kier alpha value is -3.72. The largest absolute Gasteiger partial charge is 0.497 e. The standard InChI is InChI=1S/C22H19N5O3S/c1-14(28)15-3-7-17(8-4-15)23-20(29)13-31-21-12-11-19-24-25-22(27(19)26-21)16-5-9-18(30-2)10-6-16/h3-12H,13H2,1-2H3,(H,23,29). The van der Waals surface area contributed by atoms with Crippen LogP contribution in [-0.4, -0.2) is 44.4 Å². The predicted octanol–water partition coefficient (Wildman–Crippen LogP) is 3.73. The van der Waals surface area contributed by atoms with Crippen molar-refractivity contribution >= 4 is 34.8 Å². The predicted molar refractivity (Wildman–Crippen MR) is 119 cm³/mol. The zero-order chi connectivity index (χ0) is 21.8. The number of hydrogen-bond acceptors (Lipinski definition) is 7. The summed E-state index contributed by atoms with van der Waals surface area (Å²) in [5.74, 6) is 1.37. The van der Waals surface area contributed by atoms with Crippen molar-refractivity contribution in [1.82, 2.24) is 19.8 Å². The zero-order valence-electron chi connectivity index (χ0n) is 16.9. The number of amides is 1. The van der Waals surface area contributed by atoms with Crippen LogP contribution < -0.4 is 10.1 Å². The van der Waals surface area contributed by atoms with Crippen LogP contribution in [0.15, 0.2) is 65.7 Å². The molecule has 2 heterocycles. The smallest absolute Gasteiger partial charge is 0.234 e. The van der Waals surface area contributed by atoms with Crippen molar-refractivity contribution in [2.45, 2.75) is 11.9 Å². The molecule has 8 nitrogen and oxygen atoms in total. The SMILES string of the molecule is COc1ccc(-c2nnc3ccc(SCC(=O)Nc4ccc(C(C)=O)cc4)nn23)cc1. The summed E-state index contributed by atoms with van der Waals surface area (Å²) in [6.45, 7) is 1.50. The van der Waals surface area contributed by atoms with Gasteiger partial charge in [-0.1, -0.05) is 11.8 Å². The Bertz CT molecular complexity index is 1240. The van der Waals surface area contributed by atoms with Gasteiger partial charge >= 0.3 is 0 Å². The van der Waals surface area contributed by atoms with Crippen LogP contribution in [0.5, 0.6) is 5.75 Å². The first-order valence-electron chi connectivity index (χ1n) is 9.44. The molecule has 31 heavy (non-hydrogen) atoms. The van der Waals surface area contributed by atoms with Crippen molar-refractivity contribution in [1.29, 1.82) is 0 Å². The summed E-state index contributed by atoms with van der Waals surface area (Å²) < 4.78 is 6.85. The summed E-state index contributed by atoms with van der Waals surface area (Å²) >= 11 is 1.31. The van der Waals surface area contributed by atoms with Gasteiger partial charge < -0.3 is 10.1 Å². The monoisotopic (exact) mass is 433 g/mol. The summed E-state index contributed by atoms with van der Waals surface area (Å²) in [5, 5.41) is 16.4. The van der Waals surface area contributed by atoms with Gasteiger partial charge in [-0.25, -0.2) is 0 Å². The van der Waals surface area contributed by atoms with Crippen LogP contribution in [0.4, 0.5) is 5.69 Å². The second kappa shape index (κ2) is 8.97. The van der Waals surface area contributed by atoms with Crippen LogP contribution in [-0.2, 0) is 4.79 Å². The molecule has 0 atom stereocenters. The molecule has 1 amide bonds. The molecule has 0 saturated carbocycles. The Morgan fingerprint density at radius 2 is 1.74 bits per heavy atom. The number of thioether (sulfide) groups is 1. The lowest BCUT2D eigenvalue weighted by Crippen LogP contribution is -2.14. The summed E-state index contributed by atoms with van der Waals surface area (Å²) in [4.78, 5) is 23.6. The average Bonchev–Trinajstić information content (AvgIpc) is 3.21. The van der Waals surface area contributed by atoms with Crippen LogP contribution in [0.3, 0.4) is 0 Å². The molecule has 0 aliphatic heterocycles. The molecule has 9 heteroatoms. The molecule has 156 valence electrons. The maximum absolute atomic E-state index is 12.3. The molecule has 0 aliphatic carbocycles. The number of fused-ring (bicyclic) bond motifs is 1. The number of ketones is 1. The van der Waals surface area contributed by atoms with E-state index in [4.69, 9.17) is 4.74 Å². The van der Waals surface area contributed by atoms with Gasteiger partial charge in [0.25, 0.3) is 0 Å². The Kier molecular flexibility index (Phi) is 5.94. The molecule has 0 fully saturated rings. The minimum absolute atomic E-state index is 0.0158. The molecule has 4 rings (SSSR count). The number of aromatic nitrogens is 4. The summed E-state index contributed by atoms with van der Waals surface area (Å²) in [6, 6.07) is 17.9. The highest BCUT2D eigenvalue weighted by Gasteiger charge is 2.12. The van der Waals surface area contributed by atoms with Crippen LogP contribution in [0.25, 0.3) is 17.0 Å². The fourth-order valence-corrected chi connectivity index (χ4v) is 3.55. The number of methoxy groups -OCH3 is 1. The maximum Gasteiger partial charge on any atom is 0.234 e. The Morgan fingerprint density at radius 3 is 2.42 bits per heavy atom. The van der Waals surface area contributed by atoms with Crippen molar-refractivity contribution in [3.8, 4) is 17.1 Å². The first-order chi connectivity index (χ1) is 15.0. The van der Waals surface area contributed by atoms with E-state index in [1.54, 1.807) is 42.0 Å². The second-order valence-corrected chi connectivity index (χ2v) is 7.66. The number of nitrogens with one attached hydrogen (secondary N) is 1. The fourth-order valence-electron chi connectivity index (χ4n) is 2.89. The van der Waals surface area contributed by atoms with Crippen LogP contribution in [0.2, 0.25) is 0 Å². The number of ether oxygens (including phenoxy) is 1. The highest BCUT2D eigenvalue weighted by atomic mass is 32.2. The van der Waals surface area contributed by atoms with Crippen LogP contribution in [0, 0.1) is 0 Å². The van der Waals surface area contributed by atoms with Gasteiger partial charge in [0.15, 0.2) is 17.3 Å². The molecular weight excluding hydrogens is 414 g/mol. The molecule has 0 saturated heterocycles. The number of Topliss-reactive ketones (excluding diaryl/α,β-unsaturated/α-hetero) is 1. The fraction of sp³-hybridized carbons (Fsp3) is 0.136. The third-order valence-electron chi connectivity index (χ3n) is 4.51. The number of benzene rings is 2. The summed E-state index contributed by atoms with van der Waals surface area (Å²) in [7, 11) is 1.61. The van der Waals surface area contributed by atoms with Crippen molar-refractivity contribution in [3.63, 3.8) is 0 Å². The molecule has 4 aromatic rings. The van der Waals surface area contributed by atoms with E-state index in [1.165, 1.54) is 18.7 Å². The molecule has 0 aliphatic rings. The van der Waals surface area contributed by atoms with Gasteiger partial charge in [-0.2, -0.15) is 9.61 Å². The Labute approximate surface area is 182 Å². The normalized spacial score (nSPS) is 10.8. The third-order valence-corrected chi connectivity index (χ3v) is 5.43. The number of nitrogens with zero attached hydrogens (tertiary/aromatic N) is 4. The molecule has 2 aromatic carbocycles. The van der Waals surface area contributed by atoms with Crippen molar-refractivity contribution in [2.75, 3.05) is 18.2 Å². The maximum atomic E-state index is 12.3. The van der Waals surface area contributed by atoms with E-state index in [1.807, 2.05) is 30.3 Å². The van der Waals surface area contributed by atoms with Gasteiger partial charge in [0, 0.05) is 16.8 Å². The number of rotatable bonds is 7. The minimum Gasteiger partial charge on any atom is -0.497 e. The van der Waals surface area contributed by atoms with Gasteiger partial charge in [0.2, 0.25) is 5.91 Å². The van der Waals surface area contributed by atoms with Gasteiger partial charge in [-0.3, -0.25) is 9.59 Å². The average molecular weight is 433 g/mol. The first kappa shape index (κ1) is 20.5.